The molecule has 6 rings (SSSR count). The molecule has 13 heteroatoms. The summed E-state index contributed by atoms with van der Waals surface area (Å²) in [6.07, 6.45) is -1.06. The Bertz CT molecular complexity index is 2280. The van der Waals surface area contributed by atoms with E-state index in [1.165, 1.54) is 4.57 Å². The van der Waals surface area contributed by atoms with Crippen LogP contribution in [-0.4, -0.2) is 71.3 Å². The molecule has 1 aromatic heterocycles. The van der Waals surface area contributed by atoms with E-state index in [2.05, 4.69) is 10.6 Å². The Hall–Kier alpha value is -6.63. The number of nitrogens with one attached hydrogen (secondary N) is 2. The third-order valence-electron chi connectivity index (χ3n) is 9.32. The maximum Gasteiger partial charge on any atom is 0.419 e. The highest BCUT2D eigenvalue weighted by atomic mass is 16.6. The maximum atomic E-state index is 14.1. The number of fused-ring (bicyclic) bond motifs is 4. The molecular weight excluding hydrogens is 755 g/mol. The van der Waals surface area contributed by atoms with Gasteiger partial charge in [0, 0.05) is 23.9 Å². The van der Waals surface area contributed by atoms with Crippen LogP contribution in [0.25, 0.3) is 22.0 Å². The molecule has 1 heterocycles. The summed E-state index contributed by atoms with van der Waals surface area (Å²) in [5, 5.41) is 5.73. The molecule has 0 aliphatic heterocycles. The Morgan fingerprint density at radius 1 is 0.627 bits per heavy atom. The van der Waals surface area contributed by atoms with Gasteiger partial charge in [-0.3, -0.25) is 4.57 Å². The van der Waals surface area contributed by atoms with E-state index in [0.29, 0.717) is 22.0 Å². The third-order valence-corrected chi connectivity index (χ3v) is 9.32. The van der Waals surface area contributed by atoms with Crippen molar-refractivity contribution in [2.75, 3.05) is 13.2 Å². The highest BCUT2D eigenvalue weighted by molar-refractivity contribution is 5.93. The number of carbonyl (C=O) groups is 5. The first kappa shape index (κ1) is 42.0. The number of para-hydroxylation sites is 1. The molecule has 59 heavy (non-hydrogen) atoms. The zero-order valence-electron chi connectivity index (χ0n) is 34.0. The second-order valence-corrected chi connectivity index (χ2v) is 16.2. The number of esters is 2. The highest BCUT2D eigenvalue weighted by Crippen LogP contribution is 2.44. The molecule has 4 aromatic carbocycles. The SMILES string of the molecule is CC(C)(C)OC(=O)N[C@@H](COC(=O)[C@H](Cc1cn(C(=O)OC(C)(C)C)c2ccccc12)NC(=O)OCC1c2ccccc2-c2ccccc21)C(=O)OCc1ccccc1. The fourth-order valence-corrected chi connectivity index (χ4v) is 6.78. The summed E-state index contributed by atoms with van der Waals surface area (Å²) >= 11 is 0. The Balaban J connectivity index is 1.24. The molecule has 1 aliphatic rings. The van der Waals surface area contributed by atoms with Crippen molar-refractivity contribution in [3.63, 3.8) is 0 Å². The molecule has 2 amide bonds. The van der Waals surface area contributed by atoms with Gasteiger partial charge >= 0.3 is 30.2 Å². The fraction of sp³-hybridized carbons (Fsp3) is 0.326. The number of carbonyl (C=O) groups excluding carboxylic acids is 5. The van der Waals surface area contributed by atoms with Crippen molar-refractivity contribution in [2.24, 2.45) is 0 Å². The number of alkyl carbamates (subject to hydrolysis) is 2. The first-order valence-corrected chi connectivity index (χ1v) is 19.4. The number of amides is 2. The van der Waals surface area contributed by atoms with Crippen molar-refractivity contribution < 1.29 is 47.7 Å². The van der Waals surface area contributed by atoms with Gasteiger partial charge < -0.3 is 34.3 Å². The minimum absolute atomic E-state index is 0.0191. The Labute approximate surface area is 342 Å². The number of hydrogen-bond acceptors (Lipinski definition) is 10. The largest absolute Gasteiger partial charge is 0.461 e. The summed E-state index contributed by atoms with van der Waals surface area (Å²) in [6, 6.07) is 29.0. The molecule has 308 valence electrons. The maximum absolute atomic E-state index is 14.1. The topological polar surface area (TPSA) is 160 Å². The molecule has 0 spiro atoms. The highest BCUT2D eigenvalue weighted by Gasteiger charge is 2.33. The van der Waals surface area contributed by atoms with Crippen LogP contribution < -0.4 is 10.6 Å². The van der Waals surface area contributed by atoms with Crippen LogP contribution in [0.4, 0.5) is 14.4 Å². The fourth-order valence-electron chi connectivity index (χ4n) is 6.78. The van der Waals surface area contributed by atoms with Gasteiger partial charge in [-0.1, -0.05) is 97.1 Å². The summed E-state index contributed by atoms with van der Waals surface area (Å²) < 4.78 is 29.3. The van der Waals surface area contributed by atoms with Crippen LogP contribution in [0.2, 0.25) is 0 Å². The molecule has 1 aliphatic carbocycles. The average molecular weight is 804 g/mol. The van der Waals surface area contributed by atoms with Crippen LogP contribution in [-0.2, 0) is 46.3 Å². The van der Waals surface area contributed by atoms with Gasteiger partial charge in [0.1, 0.15) is 37.1 Å². The minimum atomic E-state index is -1.47. The van der Waals surface area contributed by atoms with E-state index < -0.39 is 60.1 Å². The number of rotatable bonds is 12. The van der Waals surface area contributed by atoms with Crippen LogP contribution in [0.3, 0.4) is 0 Å². The van der Waals surface area contributed by atoms with Gasteiger partial charge in [-0.2, -0.15) is 0 Å². The van der Waals surface area contributed by atoms with Gasteiger partial charge in [0.2, 0.25) is 0 Å². The lowest BCUT2D eigenvalue weighted by Crippen LogP contribution is -2.49. The molecule has 0 fully saturated rings. The first-order chi connectivity index (χ1) is 28.1. The van der Waals surface area contributed by atoms with Crippen molar-refractivity contribution in [3.05, 3.63) is 132 Å². The number of ether oxygens (including phenoxy) is 5. The van der Waals surface area contributed by atoms with Crippen molar-refractivity contribution in [2.45, 2.75) is 83.8 Å². The summed E-state index contributed by atoms with van der Waals surface area (Å²) in [7, 11) is 0. The minimum Gasteiger partial charge on any atom is -0.461 e. The molecule has 0 saturated carbocycles. The molecule has 2 atom stereocenters. The Kier molecular flexibility index (Phi) is 12.7. The van der Waals surface area contributed by atoms with Gasteiger partial charge in [0.25, 0.3) is 0 Å². The van der Waals surface area contributed by atoms with Crippen molar-refractivity contribution >= 4 is 41.1 Å². The van der Waals surface area contributed by atoms with E-state index >= 15 is 0 Å². The van der Waals surface area contributed by atoms with E-state index in [0.717, 1.165) is 22.3 Å². The second-order valence-electron chi connectivity index (χ2n) is 16.2. The van der Waals surface area contributed by atoms with Crippen molar-refractivity contribution in [3.8, 4) is 11.1 Å². The van der Waals surface area contributed by atoms with E-state index in [1.54, 1.807) is 96.3 Å². The van der Waals surface area contributed by atoms with Crippen LogP contribution >= 0.6 is 0 Å². The monoisotopic (exact) mass is 803 g/mol. The molecule has 5 aromatic rings. The molecule has 2 N–H and O–H groups in total. The smallest absolute Gasteiger partial charge is 0.419 e. The lowest BCUT2D eigenvalue weighted by Gasteiger charge is -2.24. The lowest BCUT2D eigenvalue weighted by molar-refractivity contribution is -0.154. The van der Waals surface area contributed by atoms with Gasteiger partial charge in [-0.15, -0.1) is 0 Å². The van der Waals surface area contributed by atoms with E-state index in [9.17, 15) is 24.0 Å². The lowest BCUT2D eigenvalue weighted by atomic mass is 9.98. The molecular formula is C46H49N3O10. The van der Waals surface area contributed by atoms with Gasteiger partial charge in [-0.25, -0.2) is 24.0 Å². The van der Waals surface area contributed by atoms with Gasteiger partial charge in [0.05, 0.1) is 5.52 Å². The third kappa shape index (κ3) is 10.9. The van der Waals surface area contributed by atoms with Gasteiger partial charge in [0.15, 0.2) is 6.04 Å². The first-order valence-electron chi connectivity index (χ1n) is 19.4. The Morgan fingerprint density at radius 3 is 1.83 bits per heavy atom. The van der Waals surface area contributed by atoms with Gasteiger partial charge in [-0.05, 0) is 81.0 Å². The van der Waals surface area contributed by atoms with Crippen LogP contribution in [0.15, 0.2) is 109 Å². The van der Waals surface area contributed by atoms with Crippen LogP contribution in [0.1, 0.15) is 69.7 Å². The van der Waals surface area contributed by atoms with E-state index in [-0.39, 0.29) is 25.6 Å². The number of aromatic nitrogens is 1. The average Bonchev–Trinajstić information content (AvgIpc) is 3.72. The number of nitrogens with zero attached hydrogens (tertiary/aromatic N) is 1. The molecule has 0 radical (unpaired) electrons. The molecule has 0 bridgehead atoms. The summed E-state index contributed by atoms with van der Waals surface area (Å²) in [6.45, 7) is 9.47. The molecule has 0 saturated heterocycles. The van der Waals surface area contributed by atoms with Crippen LogP contribution in [0, 0.1) is 0 Å². The Morgan fingerprint density at radius 2 is 1.19 bits per heavy atom. The quantitative estimate of drug-likeness (QED) is 0.0933. The van der Waals surface area contributed by atoms with E-state index in [1.807, 2.05) is 54.6 Å². The zero-order valence-corrected chi connectivity index (χ0v) is 34.0. The predicted molar refractivity (Wildman–Crippen MR) is 220 cm³/mol. The second kappa shape index (κ2) is 17.9. The standard InChI is InChI=1S/C46H49N3O10/c1-45(2,3)58-43(53)48-38(41(51)55-26-29-16-8-7-9-17-29)28-56-40(50)37(24-30-25-49(44(54)59-46(4,5)6)39-23-15-14-18-31(30)39)47-42(52)57-27-36-34-21-12-10-19-32(34)33-20-11-13-22-35(33)36/h7-23,25,36-38H,24,26-28H2,1-6H3,(H,47,52)(H,48,53)/t37-,38-/m0/s1. The summed E-state index contributed by atoms with van der Waals surface area (Å²) in [5.41, 5.74) is 4.18. The summed E-state index contributed by atoms with van der Waals surface area (Å²) in [5.74, 6) is -2.07. The van der Waals surface area contributed by atoms with Crippen molar-refractivity contribution in [1.29, 1.82) is 0 Å². The normalized spacial score (nSPS) is 13.3. The molecule has 13 nitrogen and oxygen atoms in total. The summed E-state index contributed by atoms with van der Waals surface area (Å²) in [4.78, 5) is 67.2. The number of hydrogen-bond donors (Lipinski definition) is 2. The predicted octanol–water partition coefficient (Wildman–Crippen LogP) is 8.05. The van der Waals surface area contributed by atoms with E-state index in [4.69, 9.17) is 23.7 Å². The zero-order chi connectivity index (χ0) is 42.3. The number of benzene rings is 4. The van der Waals surface area contributed by atoms with Crippen molar-refractivity contribution in [1.82, 2.24) is 15.2 Å². The molecule has 0 unspecified atom stereocenters. The van der Waals surface area contributed by atoms with Crippen LogP contribution in [0.5, 0.6) is 0 Å².